The lowest BCUT2D eigenvalue weighted by molar-refractivity contribution is 0.159. The molecule has 1 atom stereocenters. The summed E-state index contributed by atoms with van der Waals surface area (Å²) in [5.41, 5.74) is 0.865. The molecule has 2 rings (SSSR count). The van der Waals surface area contributed by atoms with Crippen molar-refractivity contribution >= 4 is 11.6 Å². The van der Waals surface area contributed by atoms with E-state index in [1.807, 2.05) is 12.1 Å². The first-order valence-electron chi connectivity index (χ1n) is 7.59. The van der Waals surface area contributed by atoms with Crippen molar-refractivity contribution in [1.29, 1.82) is 0 Å². The zero-order valence-corrected chi connectivity index (χ0v) is 13.0. The molecule has 0 bridgehead atoms. The van der Waals surface area contributed by atoms with Gasteiger partial charge in [-0.15, -0.1) is 0 Å². The number of para-hydroxylation sites is 1. The minimum absolute atomic E-state index is 0.200. The maximum atomic E-state index is 9.81. The van der Waals surface area contributed by atoms with Crippen molar-refractivity contribution in [2.24, 2.45) is 0 Å². The normalized spacial score (nSPS) is 20.2. The molecule has 3 nitrogen and oxygen atoms in total. The van der Waals surface area contributed by atoms with Crippen LogP contribution in [0.2, 0.25) is 5.02 Å². The topological polar surface area (TPSA) is 35.5 Å². The molecule has 0 saturated carbocycles. The van der Waals surface area contributed by atoms with Crippen LogP contribution in [0.1, 0.15) is 38.2 Å². The Kier molecular flexibility index (Phi) is 6.14. The van der Waals surface area contributed by atoms with Crippen LogP contribution in [-0.2, 0) is 6.54 Å². The van der Waals surface area contributed by atoms with Crippen molar-refractivity contribution < 1.29 is 5.11 Å². The van der Waals surface area contributed by atoms with Crippen molar-refractivity contribution in [3.8, 4) is 5.75 Å². The first-order chi connectivity index (χ1) is 9.68. The predicted octanol–water partition coefficient (Wildman–Crippen LogP) is 3.40. The number of likely N-dealkylation sites (tertiary alicyclic amines) is 1. The number of nitrogens with zero attached hydrogens (tertiary/aromatic N) is 1. The Bertz CT molecular complexity index is 425. The number of hydrogen-bond donors (Lipinski definition) is 2. The highest BCUT2D eigenvalue weighted by atomic mass is 35.5. The molecule has 2 N–H and O–H groups in total. The minimum atomic E-state index is 0.200. The van der Waals surface area contributed by atoms with Gasteiger partial charge < -0.3 is 15.3 Å². The van der Waals surface area contributed by atoms with E-state index in [-0.39, 0.29) is 5.75 Å². The number of hydrogen-bond acceptors (Lipinski definition) is 3. The molecule has 0 aromatic heterocycles. The number of phenolic OH excluding ortho intramolecular Hbond substituents is 1. The molecule has 4 heteroatoms. The first-order valence-corrected chi connectivity index (χ1v) is 7.97. The van der Waals surface area contributed by atoms with E-state index in [1.54, 1.807) is 6.07 Å². The Morgan fingerprint density at radius 2 is 2.25 bits per heavy atom. The van der Waals surface area contributed by atoms with Crippen LogP contribution < -0.4 is 5.32 Å². The Labute approximate surface area is 126 Å². The van der Waals surface area contributed by atoms with Crippen molar-refractivity contribution in [3.05, 3.63) is 28.8 Å². The summed E-state index contributed by atoms with van der Waals surface area (Å²) < 4.78 is 0. The van der Waals surface area contributed by atoms with Crippen molar-refractivity contribution in [1.82, 2.24) is 10.2 Å². The monoisotopic (exact) mass is 296 g/mol. The molecule has 0 radical (unpaired) electrons. The molecule has 20 heavy (non-hydrogen) atoms. The van der Waals surface area contributed by atoms with Gasteiger partial charge in [0, 0.05) is 18.2 Å². The summed E-state index contributed by atoms with van der Waals surface area (Å²) >= 11 is 5.89. The lowest BCUT2D eigenvalue weighted by atomic mass is 10.0. The van der Waals surface area contributed by atoms with Gasteiger partial charge in [0.05, 0.1) is 5.02 Å². The van der Waals surface area contributed by atoms with Gasteiger partial charge >= 0.3 is 0 Å². The van der Waals surface area contributed by atoms with Crippen LogP contribution >= 0.6 is 11.6 Å². The third-order valence-corrected chi connectivity index (χ3v) is 4.43. The van der Waals surface area contributed by atoms with E-state index in [9.17, 15) is 5.11 Å². The average Bonchev–Trinajstić information content (AvgIpc) is 2.45. The summed E-state index contributed by atoms with van der Waals surface area (Å²) in [4.78, 5) is 2.59. The maximum absolute atomic E-state index is 9.81. The fourth-order valence-corrected chi connectivity index (χ4v) is 3.02. The van der Waals surface area contributed by atoms with E-state index in [4.69, 9.17) is 11.6 Å². The van der Waals surface area contributed by atoms with E-state index in [0.29, 0.717) is 11.6 Å². The number of benzene rings is 1. The molecule has 112 valence electrons. The Morgan fingerprint density at radius 3 is 3.05 bits per heavy atom. The van der Waals surface area contributed by atoms with Gasteiger partial charge in [0.15, 0.2) is 0 Å². The van der Waals surface area contributed by atoms with E-state index in [0.717, 1.165) is 31.1 Å². The van der Waals surface area contributed by atoms with E-state index < -0.39 is 0 Å². The number of aromatic hydroxyl groups is 1. The molecule has 1 aliphatic rings. The quantitative estimate of drug-likeness (QED) is 0.790. The van der Waals surface area contributed by atoms with Crippen LogP contribution in [0.25, 0.3) is 0 Å². The molecule has 1 fully saturated rings. The van der Waals surface area contributed by atoms with Gasteiger partial charge in [0.25, 0.3) is 0 Å². The van der Waals surface area contributed by atoms with Gasteiger partial charge in [-0.25, -0.2) is 0 Å². The number of nitrogens with one attached hydrogen (secondary N) is 1. The molecular weight excluding hydrogens is 272 g/mol. The largest absolute Gasteiger partial charge is 0.506 e. The fourth-order valence-electron chi connectivity index (χ4n) is 2.82. The zero-order valence-electron chi connectivity index (χ0n) is 12.2. The van der Waals surface area contributed by atoms with Gasteiger partial charge in [0.2, 0.25) is 0 Å². The summed E-state index contributed by atoms with van der Waals surface area (Å²) in [6, 6.07) is 6.22. The molecule has 0 spiro atoms. The lowest BCUT2D eigenvalue weighted by Crippen LogP contribution is -2.38. The second-order valence-corrected chi connectivity index (χ2v) is 6.07. The molecule has 1 unspecified atom stereocenters. The van der Waals surface area contributed by atoms with Gasteiger partial charge in [-0.2, -0.15) is 0 Å². The van der Waals surface area contributed by atoms with Crippen LogP contribution in [-0.4, -0.2) is 35.7 Å². The third kappa shape index (κ3) is 4.37. The number of rotatable bonds is 6. The predicted molar refractivity (Wildman–Crippen MR) is 84.3 cm³/mol. The van der Waals surface area contributed by atoms with Gasteiger partial charge in [-0.3, -0.25) is 0 Å². The molecule has 1 aromatic rings. The van der Waals surface area contributed by atoms with Gasteiger partial charge in [-0.1, -0.05) is 30.2 Å². The molecule has 1 heterocycles. The zero-order chi connectivity index (χ0) is 14.4. The molecule has 0 amide bonds. The number of phenols is 1. The summed E-state index contributed by atoms with van der Waals surface area (Å²) in [5, 5.41) is 13.6. The van der Waals surface area contributed by atoms with Crippen molar-refractivity contribution in [3.63, 3.8) is 0 Å². The highest BCUT2D eigenvalue weighted by molar-refractivity contribution is 6.32. The highest BCUT2D eigenvalue weighted by Gasteiger charge is 2.16. The highest BCUT2D eigenvalue weighted by Crippen LogP contribution is 2.26. The van der Waals surface area contributed by atoms with E-state index in [1.165, 1.54) is 25.8 Å². The number of piperidine rings is 1. The first kappa shape index (κ1) is 15.6. The third-order valence-electron chi connectivity index (χ3n) is 4.13. The van der Waals surface area contributed by atoms with Crippen LogP contribution in [0.3, 0.4) is 0 Å². The molecule has 0 aliphatic carbocycles. The summed E-state index contributed by atoms with van der Waals surface area (Å²) in [5.74, 6) is 0.200. The molecule has 1 aromatic carbocycles. The van der Waals surface area contributed by atoms with Gasteiger partial charge in [-0.05, 0) is 51.9 Å². The van der Waals surface area contributed by atoms with E-state index in [2.05, 4.69) is 17.1 Å². The van der Waals surface area contributed by atoms with Crippen LogP contribution in [0.15, 0.2) is 18.2 Å². The smallest absolute Gasteiger partial charge is 0.138 e. The fraction of sp³-hybridized carbons (Fsp3) is 0.625. The molecular formula is C16H25ClN2O. The Balaban J connectivity index is 1.65. The second kappa shape index (κ2) is 7.87. The average molecular weight is 297 g/mol. The Hall–Kier alpha value is -0.770. The van der Waals surface area contributed by atoms with Crippen LogP contribution in [0, 0.1) is 0 Å². The lowest BCUT2D eigenvalue weighted by Gasteiger charge is -2.33. The minimum Gasteiger partial charge on any atom is -0.506 e. The Morgan fingerprint density at radius 1 is 1.40 bits per heavy atom. The van der Waals surface area contributed by atoms with Crippen molar-refractivity contribution in [2.45, 2.75) is 45.2 Å². The number of halogens is 1. The van der Waals surface area contributed by atoms with E-state index >= 15 is 0 Å². The van der Waals surface area contributed by atoms with Crippen molar-refractivity contribution in [2.75, 3.05) is 19.6 Å². The SMILES string of the molecule is CC1CCCCN1CCCNCc1cccc(Cl)c1O. The second-order valence-electron chi connectivity index (χ2n) is 5.66. The van der Waals surface area contributed by atoms with Gasteiger partial charge in [0.1, 0.15) is 5.75 Å². The molecule has 1 aliphatic heterocycles. The summed E-state index contributed by atoms with van der Waals surface area (Å²) in [7, 11) is 0. The maximum Gasteiger partial charge on any atom is 0.138 e. The van der Waals surface area contributed by atoms with Crippen LogP contribution in [0.4, 0.5) is 0 Å². The van der Waals surface area contributed by atoms with Crippen LogP contribution in [0.5, 0.6) is 5.75 Å². The summed E-state index contributed by atoms with van der Waals surface area (Å²) in [6.07, 6.45) is 5.20. The summed E-state index contributed by atoms with van der Waals surface area (Å²) in [6.45, 7) is 6.37. The standard InChI is InChI=1S/C16H25ClN2O/c1-13-6-2-3-10-19(13)11-5-9-18-12-14-7-4-8-15(17)16(14)20/h4,7-8,13,18,20H,2-3,5-6,9-12H2,1H3. The molecule has 1 saturated heterocycles.